The average molecular weight is 199 g/mol. The molecule has 0 aromatic heterocycles. The fraction of sp³-hybridized carbons (Fsp3) is 0.778. The Morgan fingerprint density at radius 2 is 2.50 bits per heavy atom. The first-order valence-corrected chi connectivity index (χ1v) is 4.86. The van der Waals surface area contributed by atoms with Crippen molar-refractivity contribution in [2.24, 2.45) is 4.99 Å². The van der Waals surface area contributed by atoms with Gasteiger partial charge in [-0.1, -0.05) is 0 Å². The van der Waals surface area contributed by atoms with Gasteiger partial charge in [-0.3, -0.25) is 9.79 Å². The molecule has 1 aliphatic heterocycles. The number of hydrogen-bond acceptors (Lipinski definition) is 4. The van der Waals surface area contributed by atoms with Crippen molar-refractivity contribution in [3.05, 3.63) is 0 Å². The second kappa shape index (κ2) is 6.37. The SMILES string of the molecule is COCCNC(=O)CNC1=NCCC1. The van der Waals surface area contributed by atoms with E-state index in [1.807, 2.05) is 0 Å². The zero-order valence-corrected chi connectivity index (χ0v) is 8.51. The van der Waals surface area contributed by atoms with Gasteiger partial charge >= 0.3 is 0 Å². The third-order valence-electron chi connectivity index (χ3n) is 1.96. The summed E-state index contributed by atoms with van der Waals surface area (Å²) in [7, 11) is 1.61. The van der Waals surface area contributed by atoms with Crippen LogP contribution in [-0.4, -0.2) is 45.1 Å². The van der Waals surface area contributed by atoms with Crippen LogP contribution in [0.3, 0.4) is 0 Å². The van der Waals surface area contributed by atoms with Crippen LogP contribution in [0.25, 0.3) is 0 Å². The number of nitrogens with zero attached hydrogens (tertiary/aromatic N) is 1. The van der Waals surface area contributed by atoms with Crippen LogP contribution >= 0.6 is 0 Å². The van der Waals surface area contributed by atoms with E-state index < -0.39 is 0 Å². The van der Waals surface area contributed by atoms with Crippen molar-refractivity contribution in [3.63, 3.8) is 0 Å². The number of hydrogen-bond donors (Lipinski definition) is 2. The molecule has 0 spiro atoms. The number of carbonyl (C=O) groups excluding carboxylic acids is 1. The molecule has 0 saturated carbocycles. The minimum atomic E-state index is -0.0170. The quantitative estimate of drug-likeness (QED) is 0.588. The summed E-state index contributed by atoms with van der Waals surface area (Å²) in [6.07, 6.45) is 2.05. The zero-order valence-electron chi connectivity index (χ0n) is 8.51. The van der Waals surface area contributed by atoms with Gasteiger partial charge in [0.25, 0.3) is 0 Å². The molecule has 0 aliphatic carbocycles. The molecular weight excluding hydrogens is 182 g/mol. The molecule has 5 heteroatoms. The molecule has 0 aromatic carbocycles. The number of nitrogens with one attached hydrogen (secondary N) is 2. The summed E-state index contributed by atoms with van der Waals surface area (Å²) < 4.78 is 4.81. The van der Waals surface area contributed by atoms with Gasteiger partial charge in [-0.05, 0) is 6.42 Å². The summed E-state index contributed by atoms with van der Waals surface area (Å²) in [4.78, 5) is 15.4. The van der Waals surface area contributed by atoms with Crippen molar-refractivity contribution in [1.82, 2.24) is 10.6 Å². The zero-order chi connectivity index (χ0) is 10.2. The van der Waals surface area contributed by atoms with Crippen LogP contribution < -0.4 is 10.6 Å². The van der Waals surface area contributed by atoms with Crippen molar-refractivity contribution in [3.8, 4) is 0 Å². The second-order valence-electron chi connectivity index (χ2n) is 3.13. The first-order chi connectivity index (χ1) is 6.83. The van der Waals surface area contributed by atoms with Gasteiger partial charge in [0.05, 0.1) is 19.0 Å². The third-order valence-corrected chi connectivity index (χ3v) is 1.96. The summed E-state index contributed by atoms with van der Waals surface area (Å²) in [6, 6.07) is 0. The molecule has 1 heterocycles. The van der Waals surface area contributed by atoms with Crippen molar-refractivity contribution in [2.75, 3.05) is 33.4 Å². The Balaban J connectivity index is 2.02. The third kappa shape index (κ3) is 4.23. The van der Waals surface area contributed by atoms with Crippen LogP contribution in [-0.2, 0) is 9.53 Å². The lowest BCUT2D eigenvalue weighted by molar-refractivity contribution is -0.120. The Bertz CT molecular complexity index is 216. The Morgan fingerprint density at radius 3 is 3.14 bits per heavy atom. The molecule has 1 amide bonds. The molecule has 14 heavy (non-hydrogen) atoms. The first-order valence-electron chi connectivity index (χ1n) is 4.86. The van der Waals surface area contributed by atoms with Gasteiger partial charge in [0.15, 0.2) is 0 Å². The van der Waals surface area contributed by atoms with Gasteiger partial charge < -0.3 is 15.4 Å². The van der Waals surface area contributed by atoms with Gasteiger partial charge in [-0.25, -0.2) is 0 Å². The monoisotopic (exact) mass is 199 g/mol. The Morgan fingerprint density at radius 1 is 1.64 bits per heavy atom. The number of amides is 1. The fourth-order valence-corrected chi connectivity index (χ4v) is 1.22. The standard InChI is InChI=1S/C9H17N3O2/c1-14-6-5-11-9(13)7-12-8-3-2-4-10-8/h2-7H2,1H3,(H,10,12)(H,11,13). The Kier molecular flexibility index (Phi) is 4.99. The van der Waals surface area contributed by atoms with Crippen LogP contribution in [0.2, 0.25) is 0 Å². The van der Waals surface area contributed by atoms with E-state index in [2.05, 4.69) is 15.6 Å². The molecule has 2 N–H and O–H groups in total. The molecule has 0 fully saturated rings. The highest BCUT2D eigenvalue weighted by atomic mass is 16.5. The highest BCUT2D eigenvalue weighted by Gasteiger charge is 2.06. The molecule has 5 nitrogen and oxygen atoms in total. The van der Waals surface area contributed by atoms with Gasteiger partial charge in [-0.2, -0.15) is 0 Å². The minimum Gasteiger partial charge on any atom is -0.383 e. The molecule has 0 radical (unpaired) electrons. The highest BCUT2D eigenvalue weighted by molar-refractivity contribution is 5.88. The van der Waals surface area contributed by atoms with Gasteiger partial charge in [0, 0.05) is 26.6 Å². The Hall–Kier alpha value is -1.10. The van der Waals surface area contributed by atoms with Crippen molar-refractivity contribution in [2.45, 2.75) is 12.8 Å². The van der Waals surface area contributed by atoms with E-state index in [0.717, 1.165) is 25.2 Å². The van der Waals surface area contributed by atoms with Crippen LogP contribution in [0.1, 0.15) is 12.8 Å². The number of methoxy groups -OCH3 is 1. The maximum absolute atomic E-state index is 11.2. The summed E-state index contributed by atoms with van der Waals surface area (Å²) in [6.45, 7) is 2.30. The maximum Gasteiger partial charge on any atom is 0.239 e. The van der Waals surface area contributed by atoms with E-state index in [-0.39, 0.29) is 5.91 Å². The van der Waals surface area contributed by atoms with Crippen LogP contribution in [0.4, 0.5) is 0 Å². The van der Waals surface area contributed by atoms with E-state index in [4.69, 9.17) is 4.74 Å². The van der Waals surface area contributed by atoms with Gasteiger partial charge in [0.1, 0.15) is 0 Å². The predicted molar refractivity (Wildman–Crippen MR) is 54.4 cm³/mol. The van der Waals surface area contributed by atoms with Gasteiger partial charge in [-0.15, -0.1) is 0 Å². The van der Waals surface area contributed by atoms with E-state index in [1.54, 1.807) is 7.11 Å². The van der Waals surface area contributed by atoms with E-state index >= 15 is 0 Å². The maximum atomic E-state index is 11.2. The highest BCUT2D eigenvalue weighted by Crippen LogP contribution is 2.00. The van der Waals surface area contributed by atoms with Crippen molar-refractivity contribution >= 4 is 11.7 Å². The van der Waals surface area contributed by atoms with E-state index in [0.29, 0.717) is 19.7 Å². The second-order valence-corrected chi connectivity index (χ2v) is 3.13. The number of aliphatic imine (C=N–C) groups is 1. The van der Waals surface area contributed by atoms with Crippen LogP contribution in [0, 0.1) is 0 Å². The first kappa shape index (κ1) is 11.0. The smallest absolute Gasteiger partial charge is 0.239 e. The minimum absolute atomic E-state index is 0.0170. The van der Waals surface area contributed by atoms with Gasteiger partial charge in [0.2, 0.25) is 5.91 Å². The molecule has 0 unspecified atom stereocenters. The number of amidine groups is 1. The number of carbonyl (C=O) groups is 1. The average Bonchev–Trinajstić information content (AvgIpc) is 2.68. The lowest BCUT2D eigenvalue weighted by Crippen LogP contribution is -2.37. The molecule has 80 valence electrons. The van der Waals surface area contributed by atoms with E-state index in [1.165, 1.54) is 0 Å². The number of rotatable bonds is 5. The lowest BCUT2D eigenvalue weighted by atomic mass is 10.3. The molecule has 0 atom stereocenters. The molecule has 0 aromatic rings. The summed E-state index contributed by atoms with van der Waals surface area (Å²) >= 11 is 0. The topological polar surface area (TPSA) is 62.7 Å². The molecule has 1 rings (SSSR count). The molecular formula is C9H17N3O2. The summed E-state index contributed by atoms with van der Waals surface area (Å²) in [5.74, 6) is 0.934. The number of ether oxygens (including phenoxy) is 1. The summed E-state index contributed by atoms with van der Waals surface area (Å²) in [5.41, 5.74) is 0. The van der Waals surface area contributed by atoms with Crippen LogP contribution in [0.15, 0.2) is 4.99 Å². The fourth-order valence-electron chi connectivity index (χ4n) is 1.22. The van der Waals surface area contributed by atoms with Crippen molar-refractivity contribution < 1.29 is 9.53 Å². The summed E-state index contributed by atoms with van der Waals surface area (Å²) in [5, 5.41) is 5.73. The molecule has 0 saturated heterocycles. The normalized spacial score (nSPS) is 15.1. The molecule has 0 bridgehead atoms. The lowest BCUT2D eigenvalue weighted by Gasteiger charge is -2.06. The van der Waals surface area contributed by atoms with Crippen LogP contribution in [0.5, 0.6) is 0 Å². The Labute approximate surface area is 83.9 Å². The van der Waals surface area contributed by atoms with Crippen molar-refractivity contribution in [1.29, 1.82) is 0 Å². The molecule has 1 aliphatic rings. The predicted octanol–water partition coefficient (Wildman–Crippen LogP) is -0.469. The van der Waals surface area contributed by atoms with E-state index in [9.17, 15) is 4.79 Å². The largest absolute Gasteiger partial charge is 0.383 e.